The maximum atomic E-state index is 12.3. The van der Waals surface area contributed by atoms with Gasteiger partial charge in [-0.25, -0.2) is 0 Å². The van der Waals surface area contributed by atoms with Gasteiger partial charge in [-0.3, -0.25) is 9.59 Å². The second-order valence-electron chi connectivity index (χ2n) is 6.23. The first-order valence-corrected chi connectivity index (χ1v) is 8.85. The zero-order valence-electron chi connectivity index (χ0n) is 16.6. The van der Waals surface area contributed by atoms with Gasteiger partial charge in [0.05, 0.1) is 27.0 Å². The summed E-state index contributed by atoms with van der Waals surface area (Å²) >= 11 is 0. The molecule has 1 aliphatic heterocycles. The highest BCUT2D eigenvalue weighted by molar-refractivity contribution is 6.03. The van der Waals surface area contributed by atoms with E-state index in [9.17, 15) is 9.59 Å². The van der Waals surface area contributed by atoms with Crippen LogP contribution < -0.4 is 29.6 Å². The van der Waals surface area contributed by atoms with Crippen LogP contribution in [0.2, 0.25) is 0 Å². The van der Waals surface area contributed by atoms with Crippen molar-refractivity contribution < 1.29 is 28.5 Å². The molecule has 0 saturated heterocycles. The maximum absolute atomic E-state index is 12.3. The minimum absolute atomic E-state index is 0.235. The lowest BCUT2D eigenvalue weighted by Crippen LogP contribution is -2.34. The molecule has 1 heterocycles. The fourth-order valence-electron chi connectivity index (χ4n) is 2.82. The van der Waals surface area contributed by atoms with Gasteiger partial charge in [0, 0.05) is 23.4 Å². The number of benzene rings is 2. The summed E-state index contributed by atoms with van der Waals surface area (Å²) in [6, 6.07) is 8.44. The van der Waals surface area contributed by atoms with Gasteiger partial charge in [0.25, 0.3) is 5.91 Å². The van der Waals surface area contributed by atoms with Crippen molar-refractivity contribution in [2.75, 3.05) is 32.0 Å². The van der Waals surface area contributed by atoms with Gasteiger partial charge in [-0.05, 0) is 37.3 Å². The van der Waals surface area contributed by atoms with Crippen molar-refractivity contribution >= 4 is 29.3 Å². The number of carbonyl (C=O) groups is 2. The van der Waals surface area contributed by atoms with E-state index in [0.717, 1.165) is 0 Å². The second kappa shape index (κ2) is 8.55. The third kappa shape index (κ3) is 4.43. The Hall–Kier alpha value is -3.68. The van der Waals surface area contributed by atoms with Gasteiger partial charge in [-0.2, -0.15) is 0 Å². The first kappa shape index (κ1) is 20.1. The van der Waals surface area contributed by atoms with E-state index in [4.69, 9.17) is 18.9 Å². The predicted molar refractivity (Wildman–Crippen MR) is 109 cm³/mol. The van der Waals surface area contributed by atoms with Crippen LogP contribution in [0.3, 0.4) is 0 Å². The van der Waals surface area contributed by atoms with E-state index >= 15 is 0 Å². The molecule has 1 atom stereocenters. The number of anilines is 2. The SMILES string of the molecule is COc1cc(OC)c(OC)cc1/C=C/C(=O)Nc1ccc2c(c1)NC(=O)[C@@H](C)O2. The molecule has 2 aromatic carbocycles. The molecule has 1 aliphatic rings. The van der Waals surface area contributed by atoms with Crippen LogP contribution in [-0.2, 0) is 9.59 Å². The highest BCUT2D eigenvalue weighted by Gasteiger charge is 2.23. The summed E-state index contributed by atoms with van der Waals surface area (Å²) in [4.78, 5) is 24.1. The summed E-state index contributed by atoms with van der Waals surface area (Å²) in [5.74, 6) is 1.56. The van der Waals surface area contributed by atoms with E-state index in [2.05, 4.69) is 10.6 Å². The van der Waals surface area contributed by atoms with Crippen LogP contribution in [0.4, 0.5) is 11.4 Å². The van der Waals surface area contributed by atoms with Crippen LogP contribution in [0.15, 0.2) is 36.4 Å². The molecule has 0 saturated carbocycles. The zero-order valence-corrected chi connectivity index (χ0v) is 16.6. The van der Waals surface area contributed by atoms with Gasteiger partial charge in [-0.1, -0.05) is 0 Å². The van der Waals surface area contributed by atoms with E-state index in [0.29, 0.717) is 39.9 Å². The monoisotopic (exact) mass is 398 g/mol. The Kier molecular flexibility index (Phi) is 5.92. The van der Waals surface area contributed by atoms with Crippen molar-refractivity contribution in [3.05, 3.63) is 42.0 Å². The van der Waals surface area contributed by atoms with Gasteiger partial charge in [-0.15, -0.1) is 0 Å². The number of hydrogen-bond donors (Lipinski definition) is 2. The molecule has 0 unspecified atom stereocenters. The van der Waals surface area contributed by atoms with Crippen molar-refractivity contribution in [3.8, 4) is 23.0 Å². The van der Waals surface area contributed by atoms with Crippen LogP contribution in [0.1, 0.15) is 12.5 Å². The Morgan fingerprint density at radius 2 is 1.76 bits per heavy atom. The quantitative estimate of drug-likeness (QED) is 0.726. The number of nitrogens with one attached hydrogen (secondary N) is 2. The number of rotatable bonds is 6. The molecule has 8 heteroatoms. The summed E-state index contributed by atoms with van der Waals surface area (Å²) in [7, 11) is 4.60. The van der Waals surface area contributed by atoms with Crippen molar-refractivity contribution in [1.82, 2.24) is 0 Å². The lowest BCUT2D eigenvalue weighted by Gasteiger charge is -2.23. The smallest absolute Gasteiger partial charge is 0.265 e. The average Bonchev–Trinajstić information content (AvgIpc) is 2.72. The molecular weight excluding hydrogens is 376 g/mol. The van der Waals surface area contributed by atoms with Crippen LogP contribution in [-0.4, -0.2) is 39.2 Å². The molecule has 0 aromatic heterocycles. The van der Waals surface area contributed by atoms with Crippen molar-refractivity contribution in [2.24, 2.45) is 0 Å². The molecule has 8 nitrogen and oxygen atoms in total. The summed E-state index contributed by atoms with van der Waals surface area (Å²) in [6.07, 6.45) is 2.43. The Morgan fingerprint density at radius 1 is 1.07 bits per heavy atom. The Bertz CT molecular complexity index is 970. The maximum Gasteiger partial charge on any atom is 0.265 e. The van der Waals surface area contributed by atoms with Gasteiger partial charge < -0.3 is 29.6 Å². The van der Waals surface area contributed by atoms with Gasteiger partial charge in [0.15, 0.2) is 17.6 Å². The van der Waals surface area contributed by atoms with Crippen LogP contribution in [0.25, 0.3) is 6.08 Å². The standard InChI is InChI=1S/C21H22N2O6/c1-12-21(25)23-15-10-14(6-7-16(15)29-12)22-20(24)8-5-13-9-18(27-3)19(28-4)11-17(13)26-2/h5-12H,1-4H3,(H,22,24)(H,23,25)/b8-5+/t12-/m1/s1. The fraction of sp³-hybridized carbons (Fsp3) is 0.238. The lowest BCUT2D eigenvalue weighted by atomic mass is 10.1. The minimum Gasteiger partial charge on any atom is -0.496 e. The third-order valence-corrected chi connectivity index (χ3v) is 4.33. The third-order valence-electron chi connectivity index (χ3n) is 4.33. The largest absolute Gasteiger partial charge is 0.496 e. The minimum atomic E-state index is -0.553. The van der Waals surface area contributed by atoms with E-state index in [-0.39, 0.29) is 11.8 Å². The van der Waals surface area contributed by atoms with Crippen LogP contribution in [0, 0.1) is 0 Å². The summed E-state index contributed by atoms with van der Waals surface area (Å²) < 4.78 is 21.4. The van der Waals surface area contributed by atoms with E-state index in [1.165, 1.54) is 27.4 Å². The number of fused-ring (bicyclic) bond motifs is 1. The van der Waals surface area contributed by atoms with Gasteiger partial charge in [0.1, 0.15) is 11.5 Å². The molecule has 0 bridgehead atoms. The Morgan fingerprint density at radius 3 is 2.45 bits per heavy atom. The molecule has 3 rings (SSSR count). The first-order chi connectivity index (χ1) is 13.9. The summed E-state index contributed by atoms with van der Waals surface area (Å²) in [5, 5.41) is 5.49. The fourth-order valence-corrected chi connectivity index (χ4v) is 2.82. The zero-order chi connectivity index (χ0) is 21.0. The molecule has 2 aromatic rings. The molecular formula is C21H22N2O6. The van der Waals surface area contributed by atoms with Crippen molar-refractivity contribution in [2.45, 2.75) is 13.0 Å². The number of ether oxygens (including phenoxy) is 4. The topological polar surface area (TPSA) is 95.1 Å². The predicted octanol–water partition coefficient (Wildman–Crippen LogP) is 3.08. The molecule has 2 N–H and O–H groups in total. The number of methoxy groups -OCH3 is 3. The molecule has 0 spiro atoms. The van der Waals surface area contributed by atoms with Gasteiger partial charge in [0.2, 0.25) is 5.91 Å². The number of amides is 2. The molecule has 29 heavy (non-hydrogen) atoms. The first-order valence-electron chi connectivity index (χ1n) is 8.85. The van der Waals surface area contributed by atoms with Gasteiger partial charge >= 0.3 is 0 Å². The summed E-state index contributed by atoms with van der Waals surface area (Å²) in [5.41, 5.74) is 1.69. The number of carbonyl (C=O) groups excluding carboxylic acids is 2. The van der Waals surface area contributed by atoms with E-state index in [1.807, 2.05) is 0 Å². The highest BCUT2D eigenvalue weighted by Crippen LogP contribution is 2.35. The molecule has 0 radical (unpaired) electrons. The molecule has 0 aliphatic carbocycles. The lowest BCUT2D eigenvalue weighted by molar-refractivity contribution is -0.122. The van der Waals surface area contributed by atoms with Crippen molar-refractivity contribution in [3.63, 3.8) is 0 Å². The second-order valence-corrected chi connectivity index (χ2v) is 6.23. The van der Waals surface area contributed by atoms with E-state index < -0.39 is 6.10 Å². The highest BCUT2D eigenvalue weighted by atomic mass is 16.5. The summed E-state index contributed by atoms with van der Waals surface area (Å²) in [6.45, 7) is 1.67. The van der Waals surface area contributed by atoms with Crippen LogP contribution in [0.5, 0.6) is 23.0 Å². The molecule has 2 amide bonds. The number of hydrogen-bond acceptors (Lipinski definition) is 6. The Labute approximate surface area is 168 Å². The average molecular weight is 398 g/mol. The van der Waals surface area contributed by atoms with Crippen molar-refractivity contribution in [1.29, 1.82) is 0 Å². The van der Waals surface area contributed by atoms with E-state index in [1.54, 1.807) is 43.3 Å². The molecule has 0 fully saturated rings. The Balaban J connectivity index is 1.75. The normalized spacial score (nSPS) is 15.2. The molecule has 152 valence electrons. The van der Waals surface area contributed by atoms with Crippen LogP contribution >= 0.6 is 0 Å².